The lowest BCUT2D eigenvalue weighted by molar-refractivity contribution is 0.210. The summed E-state index contributed by atoms with van der Waals surface area (Å²) in [4.78, 5) is 0. The van der Waals surface area contributed by atoms with Crippen LogP contribution < -0.4 is 5.32 Å². The highest BCUT2D eigenvalue weighted by Gasteiger charge is 2.35. The van der Waals surface area contributed by atoms with Crippen LogP contribution in [0.2, 0.25) is 0 Å². The summed E-state index contributed by atoms with van der Waals surface area (Å²) < 4.78 is 25.2. The lowest BCUT2D eigenvalue weighted by Crippen LogP contribution is -2.44. The van der Waals surface area contributed by atoms with E-state index >= 15 is 0 Å². The Morgan fingerprint density at radius 2 is 2.00 bits per heavy atom. The van der Waals surface area contributed by atoms with Gasteiger partial charge >= 0.3 is 0 Å². The average molecular weight is 317 g/mol. The van der Waals surface area contributed by atoms with Crippen LogP contribution in [0.15, 0.2) is 0 Å². The summed E-state index contributed by atoms with van der Waals surface area (Å²) in [6.45, 7) is 7.09. The third kappa shape index (κ3) is 5.22. The fourth-order valence-corrected chi connectivity index (χ4v) is 4.59. The number of hydrogen-bond donors (Lipinski definition) is 1. The maximum absolute atomic E-state index is 11.8. The minimum atomic E-state index is -3.02. The van der Waals surface area contributed by atoms with Crippen molar-refractivity contribution in [2.75, 3.05) is 25.9 Å². The summed E-state index contributed by atoms with van der Waals surface area (Å²) in [7, 11) is -3.02. The van der Waals surface area contributed by atoms with E-state index in [2.05, 4.69) is 19.2 Å². The molecule has 1 aliphatic carbocycles. The van der Waals surface area contributed by atoms with Crippen LogP contribution >= 0.6 is 0 Å². The fourth-order valence-electron chi connectivity index (χ4n) is 3.64. The summed E-state index contributed by atoms with van der Waals surface area (Å²) >= 11 is 0. The molecule has 124 valence electrons. The van der Waals surface area contributed by atoms with Crippen molar-refractivity contribution in [2.45, 2.75) is 58.4 Å². The Labute approximate surface area is 130 Å². The normalized spacial score (nSPS) is 27.5. The molecule has 1 heterocycles. The van der Waals surface area contributed by atoms with E-state index < -0.39 is 10.0 Å². The first-order valence-corrected chi connectivity index (χ1v) is 10.4. The van der Waals surface area contributed by atoms with E-state index in [-0.39, 0.29) is 0 Å². The number of nitrogens with one attached hydrogen (secondary N) is 1. The van der Waals surface area contributed by atoms with E-state index in [9.17, 15) is 8.42 Å². The highest BCUT2D eigenvalue weighted by Crippen LogP contribution is 2.40. The van der Waals surface area contributed by atoms with Crippen molar-refractivity contribution in [1.82, 2.24) is 9.62 Å². The largest absolute Gasteiger partial charge is 0.314 e. The van der Waals surface area contributed by atoms with E-state index in [1.807, 2.05) is 0 Å². The molecule has 1 saturated carbocycles. The van der Waals surface area contributed by atoms with Crippen LogP contribution in [0.3, 0.4) is 0 Å². The Hall–Kier alpha value is -0.130. The Bertz CT molecular complexity index is 420. The summed E-state index contributed by atoms with van der Waals surface area (Å²) in [5.74, 6) is 2.14. The molecule has 21 heavy (non-hydrogen) atoms. The smallest absolute Gasteiger partial charge is 0.211 e. The Morgan fingerprint density at radius 3 is 2.57 bits per heavy atom. The van der Waals surface area contributed by atoms with E-state index in [4.69, 9.17) is 0 Å². The molecule has 4 nitrogen and oxygen atoms in total. The van der Waals surface area contributed by atoms with E-state index in [0.29, 0.717) is 18.5 Å². The molecule has 5 heteroatoms. The van der Waals surface area contributed by atoms with Gasteiger partial charge in [-0.1, -0.05) is 13.8 Å². The summed E-state index contributed by atoms with van der Waals surface area (Å²) in [6, 6.07) is 0.557. The quantitative estimate of drug-likeness (QED) is 0.748. The molecule has 0 aromatic heterocycles. The van der Waals surface area contributed by atoms with Gasteiger partial charge in [-0.15, -0.1) is 0 Å². The van der Waals surface area contributed by atoms with E-state index in [1.165, 1.54) is 25.5 Å². The Balaban J connectivity index is 1.91. The second kappa shape index (κ2) is 7.42. The Morgan fingerprint density at radius 1 is 1.29 bits per heavy atom. The van der Waals surface area contributed by atoms with Crippen LogP contribution in [-0.4, -0.2) is 44.7 Å². The van der Waals surface area contributed by atoms with Gasteiger partial charge in [-0.3, -0.25) is 0 Å². The minimum absolute atomic E-state index is 0.518. The van der Waals surface area contributed by atoms with Gasteiger partial charge in [0.15, 0.2) is 0 Å². The third-order valence-electron chi connectivity index (χ3n) is 5.19. The van der Waals surface area contributed by atoms with Crippen molar-refractivity contribution < 1.29 is 8.42 Å². The number of piperidine rings is 1. The van der Waals surface area contributed by atoms with Crippen molar-refractivity contribution in [2.24, 2.45) is 17.8 Å². The molecule has 2 aliphatic rings. The van der Waals surface area contributed by atoms with Gasteiger partial charge in [-0.2, -0.15) is 0 Å². The molecule has 0 radical (unpaired) electrons. The standard InChI is InChI=1S/C16H32N2O2S/c1-4-9-17-16(13(2)15-7-8-15)11-14-6-5-10-18(12-14)21(3,19)20/h13-17H,4-12H2,1-3H3. The highest BCUT2D eigenvalue weighted by molar-refractivity contribution is 7.88. The SMILES string of the molecule is CCCNC(CC1CCCN(S(C)(=O)=O)C1)C(C)C1CC1. The van der Waals surface area contributed by atoms with Gasteiger partial charge in [-0.05, 0) is 62.8 Å². The van der Waals surface area contributed by atoms with Crippen LogP contribution in [0, 0.1) is 17.8 Å². The van der Waals surface area contributed by atoms with Crippen LogP contribution in [0.5, 0.6) is 0 Å². The maximum Gasteiger partial charge on any atom is 0.211 e. The molecule has 1 aliphatic heterocycles. The molecule has 3 atom stereocenters. The molecule has 3 unspecified atom stereocenters. The first-order valence-electron chi connectivity index (χ1n) is 8.60. The molecule has 1 saturated heterocycles. The van der Waals surface area contributed by atoms with Gasteiger partial charge < -0.3 is 5.32 Å². The van der Waals surface area contributed by atoms with Crippen LogP contribution in [0.1, 0.15) is 52.4 Å². The number of hydrogen-bond acceptors (Lipinski definition) is 3. The van der Waals surface area contributed by atoms with Gasteiger partial charge in [0, 0.05) is 19.1 Å². The predicted molar refractivity (Wildman–Crippen MR) is 87.7 cm³/mol. The van der Waals surface area contributed by atoms with Crippen LogP contribution in [0.25, 0.3) is 0 Å². The van der Waals surface area contributed by atoms with Crippen molar-refractivity contribution >= 4 is 10.0 Å². The molecule has 0 bridgehead atoms. The third-order valence-corrected chi connectivity index (χ3v) is 6.46. The number of sulfonamides is 1. The van der Waals surface area contributed by atoms with Crippen LogP contribution in [0.4, 0.5) is 0 Å². The summed E-state index contributed by atoms with van der Waals surface area (Å²) in [5, 5.41) is 3.72. The second-order valence-corrected chi connectivity index (χ2v) is 9.10. The first kappa shape index (κ1) is 17.2. The highest BCUT2D eigenvalue weighted by atomic mass is 32.2. The molecule has 2 fully saturated rings. The maximum atomic E-state index is 11.8. The number of nitrogens with zero attached hydrogens (tertiary/aromatic N) is 1. The van der Waals surface area contributed by atoms with Gasteiger partial charge in [0.1, 0.15) is 0 Å². The minimum Gasteiger partial charge on any atom is -0.314 e. The topological polar surface area (TPSA) is 49.4 Å². The molecule has 0 amide bonds. The molecule has 2 rings (SSSR count). The average Bonchev–Trinajstić information content (AvgIpc) is 3.26. The van der Waals surface area contributed by atoms with Crippen LogP contribution in [-0.2, 0) is 10.0 Å². The lowest BCUT2D eigenvalue weighted by Gasteiger charge is -2.35. The molecule has 0 spiro atoms. The van der Waals surface area contributed by atoms with Gasteiger partial charge in [0.25, 0.3) is 0 Å². The molecule has 1 N–H and O–H groups in total. The van der Waals surface area contributed by atoms with Crippen molar-refractivity contribution in [3.05, 3.63) is 0 Å². The van der Waals surface area contributed by atoms with Crippen molar-refractivity contribution in [1.29, 1.82) is 0 Å². The summed E-state index contributed by atoms with van der Waals surface area (Å²) in [5.41, 5.74) is 0. The zero-order chi connectivity index (χ0) is 15.5. The van der Waals surface area contributed by atoms with Crippen molar-refractivity contribution in [3.8, 4) is 0 Å². The molecular weight excluding hydrogens is 284 g/mol. The van der Waals surface area contributed by atoms with Gasteiger partial charge in [0.2, 0.25) is 10.0 Å². The lowest BCUT2D eigenvalue weighted by atomic mass is 9.85. The van der Waals surface area contributed by atoms with E-state index in [1.54, 1.807) is 4.31 Å². The van der Waals surface area contributed by atoms with Gasteiger partial charge in [0.05, 0.1) is 6.26 Å². The fraction of sp³-hybridized carbons (Fsp3) is 1.00. The molecule has 0 aromatic carbocycles. The molecular formula is C16H32N2O2S. The predicted octanol–water partition coefficient (Wildman–Crippen LogP) is 2.46. The second-order valence-electron chi connectivity index (χ2n) is 7.12. The Kier molecular flexibility index (Phi) is 6.09. The monoisotopic (exact) mass is 316 g/mol. The zero-order valence-electron chi connectivity index (χ0n) is 13.8. The summed E-state index contributed by atoms with van der Waals surface area (Å²) in [6.07, 6.45) is 8.58. The van der Waals surface area contributed by atoms with E-state index in [0.717, 1.165) is 44.2 Å². The first-order chi connectivity index (χ1) is 9.91. The van der Waals surface area contributed by atoms with Crippen molar-refractivity contribution in [3.63, 3.8) is 0 Å². The van der Waals surface area contributed by atoms with Gasteiger partial charge in [-0.25, -0.2) is 12.7 Å². The number of rotatable bonds is 8. The zero-order valence-corrected chi connectivity index (χ0v) is 14.7. The molecule has 0 aromatic rings.